The third-order valence-corrected chi connectivity index (χ3v) is 5.66. The SMILES string of the molecule is CCC(C)CC/C(=C/N)N(N)C[C@H](CC)c1ccc(F)c(OCC2CC2)c1. The van der Waals surface area contributed by atoms with E-state index in [1.54, 1.807) is 11.2 Å². The van der Waals surface area contributed by atoms with Gasteiger partial charge in [-0.05, 0) is 61.6 Å². The van der Waals surface area contributed by atoms with Gasteiger partial charge in [-0.3, -0.25) is 0 Å². The highest BCUT2D eigenvalue weighted by Crippen LogP contribution is 2.32. The van der Waals surface area contributed by atoms with Gasteiger partial charge in [0.2, 0.25) is 0 Å². The fraction of sp³-hybridized carbons (Fsp3) is 0.636. The molecule has 0 radical (unpaired) electrons. The maximum Gasteiger partial charge on any atom is 0.165 e. The summed E-state index contributed by atoms with van der Waals surface area (Å²) in [7, 11) is 0. The van der Waals surface area contributed by atoms with Crippen LogP contribution in [0.15, 0.2) is 30.1 Å². The lowest BCUT2D eigenvalue weighted by Crippen LogP contribution is -2.35. The van der Waals surface area contributed by atoms with E-state index in [0.29, 0.717) is 30.7 Å². The van der Waals surface area contributed by atoms with E-state index in [9.17, 15) is 4.39 Å². The topological polar surface area (TPSA) is 64.5 Å². The van der Waals surface area contributed by atoms with Crippen LogP contribution in [0.4, 0.5) is 4.39 Å². The molecule has 4 N–H and O–H groups in total. The predicted octanol–water partition coefficient (Wildman–Crippen LogP) is 4.91. The molecule has 0 spiro atoms. The third-order valence-electron chi connectivity index (χ3n) is 5.66. The van der Waals surface area contributed by atoms with E-state index in [0.717, 1.165) is 36.9 Å². The van der Waals surface area contributed by atoms with Crippen LogP contribution >= 0.6 is 0 Å². The molecule has 5 heteroatoms. The van der Waals surface area contributed by atoms with Gasteiger partial charge in [0.25, 0.3) is 0 Å². The highest BCUT2D eigenvalue weighted by molar-refractivity contribution is 5.33. The fourth-order valence-corrected chi connectivity index (χ4v) is 3.12. The van der Waals surface area contributed by atoms with Crippen molar-refractivity contribution in [2.24, 2.45) is 23.4 Å². The highest BCUT2D eigenvalue weighted by Gasteiger charge is 2.23. The largest absolute Gasteiger partial charge is 0.490 e. The summed E-state index contributed by atoms with van der Waals surface area (Å²) in [5, 5.41) is 1.75. The Bertz CT molecular complexity index is 616. The van der Waals surface area contributed by atoms with Crippen molar-refractivity contribution < 1.29 is 9.13 Å². The second-order valence-electron chi connectivity index (χ2n) is 7.91. The summed E-state index contributed by atoms with van der Waals surface area (Å²) in [5.41, 5.74) is 7.84. The molecule has 0 heterocycles. The van der Waals surface area contributed by atoms with Crippen molar-refractivity contribution in [2.75, 3.05) is 13.2 Å². The molecular formula is C22H36FN3O. The van der Waals surface area contributed by atoms with Gasteiger partial charge < -0.3 is 15.5 Å². The normalized spacial score (nSPS) is 16.9. The molecule has 1 aromatic carbocycles. The number of nitrogens with zero attached hydrogens (tertiary/aromatic N) is 1. The van der Waals surface area contributed by atoms with Crippen LogP contribution in [0.5, 0.6) is 5.75 Å². The summed E-state index contributed by atoms with van der Waals surface area (Å²) in [6, 6.07) is 5.18. The molecule has 27 heavy (non-hydrogen) atoms. The monoisotopic (exact) mass is 377 g/mol. The van der Waals surface area contributed by atoms with Gasteiger partial charge in [0.05, 0.1) is 6.61 Å². The van der Waals surface area contributed by atoms with Crippen LogP contribution in [-0.2, 0) is 0 Å². The van der Waals surface area contributed by atoms with Crippen LogP contribution in [0.25, 0.3) is 0 Å². The Morgan fingerprint density at radius 2 is 2.07 bits per heavy atom. The molecule has 1 aromatic rings. The molecule has 4 nitrogen and oxygen atoms in total. The summed E-state index contributed by atoms with van der Waals surface area (Å²) in [5.74, 6) is 7.82. The predicted molar refractivity (Wildman–Crippen MR) is 110 cm³/mol. The van der Waals surface area contributed by atoms with Crippen LogP contribution < -0.4 is 16.3 Å². The number of hydrogen-bond donors (Lipinski definition) is 2. The number of benzene rings is 1. The third kappa shape index (κ3) is 6.73. The summed E-state index contributed by atoms with van der Waals surface area (Å²) >= 11 is 0. The Morgan fingerprint density at radius 3 is 2.67 bits per heavy atom. The molecule has 0 saturated heterocycles. The van der Waals surface area contributed by atoms with Crippen molar-refractivity contribution in [3.05, 3.63) is 41.5 Å². The molecule has 1 aliphatic rings. The van der Waals surface area contributed by atoms with Crippen molar-refractivity contribution >= 4 is 0 Å². The minimum atomic E-state index is -0.296. The molecule has 1 aliphatic carbocycles. The van der Waals surface area contributed by atoms with Crippen molar-refractivity contribution in [1.82, 2.24) is 5.01 Å². The number of allylic oxidation sites excluding steroid dienone is 1. The number of hydrazine groups is 1. The summed E-state index contributed by atoms with van der Waals surface area (Å²) in [4.78, 5) is 0. The molecule has 1 saturated carbocycles. The lowest BCUT2D eigenvalue weighted by molar-refractivity contribution is 0.283. The molecule has 0 aliphatic heterocycles. The van der Waals surface area contributed by atoms with E-state index in [1.165, 1.54) is 18.9 Å². The molecular weight excluding hydrogens is 341 g/mol. The van der Waals surface area contributed by atoms with E-state index in [-0.39, 0.29) is 11.7 Å². The first-order valence-electron chi connectivity index (χ1n) is 10.3. The molecule has 2 atom stereocenters. The Hall–Kier alpha value is -1.75. The van der Waals surface area contributed by atoms with Crippen LogP contribution in [0, 0.1) is 17.7 Å². The maximum atomic E-state index is 14.1. The van der Waals surface area contributed by atoms with Crippen molar-refractivity contribution in [3.63, 3.8) is 0 Å². The minimum absolute atomic E-state index is 0.192. The molecule has 152 valence electrons. The number of rotatable bonds is 12. The van der Waals surface area contributed by atoms with Gasteiger partial charge in [0.1, 0.15) is 0 Å². The zero-order chi connectivity index (χ0) is 19.8. The van der Waals surface area contributed by atoms with E-state index >= 15 is 0 Å². The second-order valence-corrected chi connectivity index (χ2v) is 7.91. The number of hydrogen-bond acceptors (Lipinski definition) is 4. The Morgan fingerprint density at radius 1 is 1.33 bits per heavy atom. The van der Waals surface area contributed by atoms with E-state index < -0.39 is 0 Å². The van der Waals surface area contributed by atoms with Crippen molar-refractivity contribution in [1.29, 1.82) is 0 Å². The summed E-state index contributed by atoms with van der Waals surface area (Å²) in [6.07, 6.45) is 7.99. The Kier molecular flexibility index (Phi) is 8.42. The van der Waals surface area contributed by atoms with E-state index in [1.807, 2.05) is 12.1 Å². The molecule has 1 unspecified atom stereocenters. The van der Waals surface area contributed by atoms with Crippen molar-refractivity contribution in [3.8, 4) is 5.75 Å². The van der Waals surface area contributed by atoms with E-state index in [4.69, 9.17) is 16.3 Å². The molecule has 0 aromatic heterocycles. The quantitative estimate of drug-likeness (QED) is 0.401. The molecule has 2 rings (SSSR count). The lowest BCUT2D eigenvalue weighted by atomic mass is 9.95. The Labute approximate surface area is 163 Å². The van der Waals surface area contributed by atoms with Crippen LogP contribution in [0.1, 0.15) is 70.8 Å². The van der Waals surface area contributed by atoms with Gasteiger partial charge in [0.15, 0.2) is 11.6 Å². The Balaban J connectivity index is 2.00. The number of ether oxygens (including phenoxy) is 1. The van der Waals surface area contributed by atoms with Crippen LogP contribution in [0.3, 0.4) is 0 Å². The first-order chi connectivity index (χ1) is 13.0. The van der Waals surface area contributed by atoms with E-state index in [2.05, 4.69) is 20.8 Å². The zero-order valence-electron chi connectivity index (χ0n) is 17.1. The van der Waals surface area contributed by atoms with Gasteiger partial charge in [-0.1, -0.05) is 33.3 Å². The smallest absolute Gasteiger partial charge is 0.165 e. The van der Waals surface area contributed by atoms with Gasteiger partial charge in [0, 0.05) is 24.4 Å². The van der Waals surface area contributed by atoms with Gasteiger partial charge in [-0.15, -0.1) is 0 Å². The zero-order valence-corrected chi connectivity index (χ0v) is 17.1. The number of halogens is 1. The average Bonchev–Trinajstić information content (AvgIpc) is 3.50. The lowest BCUT2D eigenvalue weighted by Gasteiger charge is -2.27. The van der Waals surface area contributed by atoms with Gasteiger partial charge in [-0.25, -0.2) is 10.2 Å². The summed E-state index contributed by atoms with van der Waals surface area (Å²) < 4.78 is 19.8. The van der Waals surface area contributed by atoms with Crippen LogP contribution in [-0.4, -0.2) is 18.2 Å². The fourth-order valence-electron chi connectivity index (χ4n) is 3.12. The minimum Gasteiger partial charge on any atom is -0.490 e. The first kappa shape index (κ1) is 21.5. The van der Waals surface area contributed by atoms with Crippen LogP contribution in [0.2, 0.25) is 0 Å². The van der Waals surface area contributed by atoms with Gasteiger partial charge >= 0.3 is 0 Å². The summed E-state index contributed by atoms with van der Waals surface area (Å²) in [6.45, 7) is 7.81. The van der Waals surface area contributed by atoms with Gasteiger partial charge in [-0.2, -0.15) is 0 Å². The maximum absolute atomic E-state index is 14.1. The number of nitrogens with two attached hydrogens (primary N) is 2. The van der Waals surface area contributed by atoms with Crippen molar-refractivity contribution in [2.45, 2.75) is 65.2 Å². The average molecular weight is 378 g/mol. The first-order valence-corrected chi connectivity index (χ1v) is 10.3. The molecule has 1 fully saturated rings. The second kappa shape index (κ2) is 10.5. The standard InChI is InChI=1S/C22H36FN3O/c1-4-16(3)6-10-20(13-24)26(25)14-18(5-2)19-9-11-21(23)22(12-19)27-15-17-7-8-17/h9,11-13,16-18H,4-8,10,14-15,24-25H2,1-3H3/b20-13-/t16?,18-/m0/s1. The highest BCUT2D eigenvalue weighted by atomic mass is 19.1. The molecule has 0 amide bonds. The molecule has 0 bridgehead atoms.